The van der Waals surface area contributed by atoms with Crippen molar-refractivity contribution in [3.63, 3.8) is 0 Å². The smallest absolute Gasteiger partial charge is 0.253 e. The molecule has 1 aromatic heterocycles. The number of carbonyl (C=O) groups excluding carboxylic acids is 1. The van der Waals surface area contributed by atoms with Crippen LogP contribution in [0.3, 0.4) is 0 Å². The summed E-state index contributed by atoms with van der Waals surface area (Å²) >= 11 is 9.62. The van der Waals surface area contributed by atoms with Gasteiger partial charge >= 0.3 is 0 Å². The molecule has 2 N–H and O–H groups in total. The van der Waals surface area contributed by atoms with E-state index >= 15 is 0 Å². The van der Waals surface area contributed by atoms with Crippen molar-refractivity contribution in [2.45, 2.75) is 25.7 Å². The maximum absolute atomic E-state index is 13.7. The Bertz CT molecular complexity index is 1390. The number of hydrogen-bond acceptors (Lipinski definition) is 4. The van der Waals surface area contributed by atoms with E-state index < -0.39 is 12.3 Å². The fourth-order valence-electron chi connectivity index (χ4n) is 4.34. The Labute approximate surface area is 221 Å². The molecule has 5 rings (SSSR count). The van der Waals surface area contributed by atoms with Crippen LogP contribution < -0.4 is 5.73 Å². The van der Waals surface area contributed by atoms with Gasteiger partial charge in [0, 0.05) is 39.1 Å². The molecule has 9 heteroatoms. The van der Waals surface area contributed by atoms with E-state index in [1.54, 1.807) is 34.7 Å². The molecule has 2 atom stereocenters. The second-order valence-corrected chi connectivity index (χ2v) is 10.0. The molecule has 184 valence electrons. The number of anilines is 1. The van der Waals surface area contributed by atoms with Crippen LogP contribution in [-0.4, -0.2) is 33.2 Å². The van der Waals surface area contributed by atoms with E-state index in [2.05, 4.69) is 15.9 Å². The lowest BCUT2D eigenvalue weighted by molar-refractivity contribution is -0.130. The van der Waals surface area contributed by atoms with Crippen LogP contribution in [0.2, 0.25) is 5.02 Å². The number of halogens is 3. The number of benzene rings is 3. The van der Waals surface area contributed by atoms with Crippen LogP contribution in [-0.2, 0) is 16.0 Å². The first-order valence-corrected chi connectivity index (χ1v) is 12.6. The molecule has 1 saturated heterocycles. The summed E-state index contributed by atoms with van der Waals surface area (Å²) in [5, 5.41) is 5.36. The van der Waals surface area contributed by atoms with Crippen molar-refractivity contribution in [3.8, 4) is 16.9 Å². The Morgan fingerprint density at radius 1 is 1.11 bits per heavy atom. The van der Waals surface area contributed by atoms with Crippen molar-refractivity contribution in [3.05, 3.63) is 99.4 Å². The quantitative estimate of drug-likeness (QED) is 0.282. The van der Waals surface area contributed by atoms with Crippen LogP contribution in [0.15, 0.2) is 77.4 Å². The standard InChI is InChI=1S/C27H23BrClFN4O2/c1-16-26(35)33(11-10-17-12-20(29)14-22(31)13-17)27(36-16)24-15-34(23-8-4-19(28)5-9-23)32-25(24)18-2-6-21(30)7-3-18/h2-9,12-16,27H,10-11,31H2,1H3/t16-,27+/m0/s1. The molecule has 2 heterocycles. The van der Waals surface area contributed by atoms with Crippen molar-refractivity contribution in [2.75, 3.05) is 12.3 Å². The second kappa shape index (κ2) is 10.0. The fraction of sp³-hybridized carbons (Fsp3) is 0.185. The lowest BCUT2D eigenvalue weighted by Gasteiger charge is -2.23. The van der Waals surface area contributed by atoms with Crippen LogP contribution in [0, 0.1) is 5.82 Å². The third-order valence-corrected chi connectivity index (χ3v) is 6.83. The predicted octanol–water partition coefficient (Wildman–Crippen LogP) is 6.17. The van der Waals surface area contributed by atoms with Gasteiger partial charge in [0.2, 0.25) is 0 Å². The molecule has 1 fully saturated rings. The van der Waals surface area contributed by atoms with Gasteiger partial charge in [-0.3, -0.25) is 4.79 Å². The molecule has 0 radical (unpaired) electrons. The molecule has 0 bridgehead atoms. The summed E-state index contributed by atoms with van der Waals surface area (Å²) in [5.41, 5.74) is 10.3. The van der Waals surface area contributed by atoms with Crippen LogP contribution >= 0.6 is 27.5 Å². The normalized spacial score (nSPS) is 17.7. The third-order valence-electron chi connectivity index (χ3n) is 6.09. The number of aromatic nitrogens is 2. The maximum Gasteiger partial charge on any atom is 0.253 e. The number of nitrogens with zero attached hydrogens (tertiary/aromatic N) is 3. The minimum atomic E-state index is -0.659. The summed E-state index contributed by atoms with van der Waals surface area (Å²) in [6.07, 6.45) is 1.14. The molecule has 1 aliphatic rings. The topological polar surface area (TPSA) is 73.4 Å². The van der Waals surface area contributed by atoms with Gasteiger partial charge in [-0.05, 0) is 85.6 Å². The highest BCUT2D eigenvalue weighted by Gasteiger charge is 2.40. The van der Waals surface area contributed by atoms with Crippen molar-refractivity contribution >= 4 is 39.1 Å². The van der Waals surface area contributed by atoms with E-state index in [9.17, 15) is 9.18 Å². The number of amides is 1. The van der Waals surface area contributed by atoms with Crippen molar-refractivity contribution in [2.24, 2.45) is 0 Å². The first-order chi connectivity index (χ1) is 17.3. The first kappa shape index (κ1) is 24.5. The Kier molecular flexibility index (Phi) is 6.83. The minimum Gasteiger partial charge on any atom is -0.399 e. The zero-order chi connectivity index (χ0) is 25.4. The SMILES string of the molecule is C[C@@H]1O[C@H](c2cn(-c3ccc(Br)cc3)nc2-c2ccc(F)cc2)N(CCc2cc(N)cc(Cl)c2)C1=O. The Morgan fingerprint density at radius 3 is 2.53 bits per heavy atom. The lowest BCUT2D eigenvalue weighted by Crippen LogP contribution is -2.32. The van der Waals surface area contributed by atoms with Gasteiger partial charge in [0.05, 0.1) is 5.69 Å². The van der Waals surface area contributed by atoms with Gasteiger partial charge in [0.1, 0.15) is 17.6 Å². The summed E-state index contributed by atoms with van der Waals surface area (Å²) in [7, 11) is 0. The summed E-state index contributed by atoms with van der Waals surface area (Å²) in [6, 6.07) is 19.2. The van der Waals surface area contributed by atoms with Gasteiger partial charge in [0.15, 0.2) is 6.23 Å². The number of nitrogens with two attached hydrogens (primary N) is 1. The van der Waals surface area contributed by atoms with Gasteiger partial charge in [-0.2, -0.15) is 5.10 Å². The van der Waals surface area contributed by atoms with Crippen molar-refractivity contribution < 1.29 is 13.9 Å². The lowest BCUT2D eigenvalue weighted by atomic mass is 10.1. The number of nitrogen functional groups attached to an aromatic ring is 1. The molecule has 0 spiro atoms. The Balaban J connectivity index is 1.53. The molecule has 6 nitrogen and oxygen atoms in total. The average molecular weight is 570 g/mol. The summed E-state index contributed by atoms with van der Waals surface area (Å²) in [4.78, 5) is 14.8. The minimum absolute atomic E-state index is 0.114. The van der Waals surface area contributed by atoms with Gasteiger partial charge in [-0.15, -0.1) is 0 Å². The van der Waals surface area contributed by atoms with Crippen LogP contribution in [0.4, 0.5) is 10.1 Å². The van der Waals surface area contributed by atoms with Gasteiger partial charge < -0.3 is 15.4 Å². The fourth-order valence-corrected chi connectivity index (χ4v) is 4.87. The number of carbonyl (C=O) groups is 1. The van der Waals surface area contributed by atoms with E-state index in [4.69, 9.17) is 27.2 Å². The van der Waals surface area contributed by atoms with Gasteiger partial charge in [0.25, 0.3) is 5.91 Å². The molecular formula is C27H23BrClFN4O2. The zero-order valence-electron chi connectivity index (χ0n) is 19.4. The van der Waals surface area contributed by atoms with Gasteiger partial charge in [-0.1, -0.05) is 27.5 Å². The summed E-state index contributed by atoms with van der Waals surface area (Å²) in [5.74, 6) is -0.451. The van der Waals surface area contributed by atoms with E-state index in [0.717, 1.165) is 21.3 Å². The van der Waals surface area contributed by atoms with Crippen LogP contribution in [0.25, 0.3) is 16.9 Å². The second-order valence-electron chi connectivity index (χ2n) is 8.67. The molecule has 0 unspecified atom stereocenters. The molecule has 1 amide bonds. The Hall–Kier alpha value is -3.20. The Morgan fingerprint density at radius 2 is 1.83 bits per heavy atom. The van der Waals surface area contributed by atoms with Crippen molar-refractivity contribution in [1.82, 2.24) is 14.7 Å². The molecule has 1 aliphatic heterocycles. The number of hydrogen-bond donors (Lipinski definition) is 1. The van der Waals surface area contributed by atoms with E-state index in [1.165, 1.54) is 12.1 Å². The van der Waals surface area contributed by atoms with E-state index in [1.807, 2.05) is 42.6 Å². The van der Waals surface area contributed by atoms with Crippen molar-refractivity contribution in [1.29, 1.82) is 0 Å². The zero-order valence-corrected chi connectivity index (χ0v) is 21.7. The molecule has 0 saturated carbocycles. The van der Waals surface area contributed by atoms with Gasteiger partial charge in [-0.25, -0.2) is 9.07 Å². The maximum atomic E-state index is 13.7. The third kappa shape index (κ3) is 5.02. The van der Waals surface area contributed by atoms with E-state index in [0.29, 0.717) is 34.9 Å². The average Bonchev–Trinajstić information content (AvgIpc) is 3.39. The monoisotopic (exact) mass is 568 g/mol. The molecule has 4 aromatic rings. The van der Waals surface area contributed by atoms with E-state index in [-0.39, 0.29) is 11.7 Å². The highest BCUT2D eigenvalue weighted by Crippen LogP contribution is 2.37. The highest BCUT2D eigenvalue weighted by molar-refractivity contribution is 9.10. The molecular weight excluding hydrogens is 547 g/mol. The molecule has 3 aromatic carbocycles. The highest BCUT2D eigenvalue weighted by atomic mass is 79.9. The number of rotatable bonds is 6. The number of ether oxygens (including phenoxy) is 1. The predicted molar refractivity (Wildman–Crippen MR) is 141 cm³/mol. The van der Waals surface area contributed by atoms with Crippen LogP contribution in [0.1, 0.15) is 24.3 Å². The molecule has 0 aliphatic carbocycles. The molecule has 36 heavy (non-hydrogen) atoms. The summed E-state index contributed by atoms with van der Waals surface area (Å²) in [6.45, 7) is 2.14. The first-order valence-electron chi connectivity index (χ1n) is 11.4. The summed E-state index contributed by atoms with van der Waals surface area (Å²) < 4.78 is 22.5. The van der Waals surface area contributed by atoms with Crippen LogP contribution in [0.5, 0.6) is 0 Å². The largest absolute Gasteiger partial charge is 0.399 e.